The number of morpholine rings is 1. The molecule has 0 spiro atoms. The third-order valence-electron chi connectivity index (χ3n) is 3.17. The first-order chi connectivity index (χ1) is 10.2. The summed E-state index contributed by atoms with van der Waals surface area (Å²) < 4.78 is 19.1. The van der Waals surface area contributed by atoms with Crippen molar-refractivity contribution in [2.45, 2.75) is 6.10 Å². The molecule has 0 aromatic heterocycles. The van der Waals surface area contributed by atoms with Crippen molar-refractivity contribution in [1.29, 1.82) is 0 Å². The molecule has 1 aromatic rings. The Balaban J connectivity index is 2.14. The Bertz CT molecular complexity index is 580. The summed E-state index contributed by atoms with van der Waals surface area (Å²) in [6, 6.07) is 4.18. The summed E-state index contributed by atoms with van der Waals surface area (Å²) in [4.78, 5) is 13.9. The number of hydrogen-bond acceptors (Lipinski definition) is 4. The van der Waals surface area contributed by atoms with E-state index in [-0.39, 0.29) is 36.3 Å². The fourth-order valence-electron chi connectivity index (χ4n) is 2.09. The van der Waals surface area contributed by atoms with Crippen molar-refractivity contribution in [2.24, 2.45) is 5.73 Å². The van der Waals surface area contributed by atoms with Crippen LogP contribution in [0.1, 0.15) is 15.9 Å². The van der Waals surface area contributed by atoms with Gasteiger partial charge in [0.2, 0.25) is 0 Å². The second-order valence-electron chi connectivity index (χ2n) is 4.63. The largest absolute Gasteiger partial charge is 0.394 e. The van der Waals surface area contributed by atoms with Gasteiger partial charge in [-0.2, -0.15) is 0 Å². The summed E-state index contributed by atoms with van der Waals surface area (Å²) >= 11 is 0. The van der Waals surface area contributed by atoms with Gasteiger partial charge < -0.3 is 20.5 Å². The van der Waals surface area contributed by atoms with Gasteiger partial charge in [0.05, 0.1) is 31.4 Å². The van der Waals surface area contributed by atoms with Gasteiger partial charge in [-0.3, -0.25) is 4.79 Å². The van der Waals surface area contributed by atoms with Crippen molar-refractivity contribution < 1.29 is 19.0 Å². The summed E-state index contributed by atoms with van der Waals surface area (Å²) in [6.07, 6.45) is -0.387. The standard InChI is InChI=1S/C15H17FN2O3/c16-14-8-12(4-3-11(14)2-1-5-17)15(20)18-6-7-21-13(9-18)10-19/h3-4,8,13,19H,5-7,9-10,17H2. The van der Waals surface area contributed by atoms with Gasteiger partial charge in [-0.25, -0.2) is 4.39 Å². The normalized spacial score (nSPS) is 18.0. The number of hydrogen-bond donors (Lipinski definition) is 2. The predicted molar refractivity (Wildman–Crippen MR) is 75.1 cm³/mol. The number of nitrogens with zero attached hydrogens (tertiary/aromatic N) is 1. The fourth-order valence-corrected chi connectivity index (χ4v) is 2.09. The zero-order valence-electron chi connectivity index (χ0n) is 11.5. The Hall–Kier alpha value is -1.94. The third kappa shape index (κ3) is 3.79. The maximum absolute atomic E-state index is 13.9. The SMILES string of the molecule is NCC#Cc1ccc(C(=O)N2CCOC(CO)C2)cc1F. The molecular formula is C15H17FN2O3. The monoisotopic (exact) mass is 292 g/mol. The van der Waals surface area contributed by atoms with Gasteiger partial charge >= 0.3 is 0 Å². The Kier molecular flexibility index (Phi) is 5.28. The molecule has 1 amide bonds. The van der Waals surface area contributed by atoms with Gasteiger partial charge in [0.25, 0.3) is 5.91 Å². The number of nitrogens with two attached hydrogens (primary N) is 1. The van der Waals surface area contributed by atoms with Crippen molar-refractivity contribution in [3.63, 3.8) is 0 Å². The Morgan fingerprint density at radius 2 is 2.38 bits per heavy atom. The summed E-state index contributed by atoms with van der Waals surface area (Å²) in [7, 11) is 0. The van der Waals surface area contributed by atoms with E-state index in [0.29, 0.717) is 19.7 Å². The molecule has 0 saturated carbocycles. The molecule has 6 heteroatoms. The number of rotatable bonds is 2. The van der Waals surface area contributed by atoms with Gasteiger partial charge in [0.1, 0.15) is 5.82 Å². The van der Waals surface area contributed by atoms with Crippen LogP contribution in [-0.4, -0.2) is 54.9 Å². The van der Waals surface area contributed by atoms with E-state index in [1.165, 1.54) is 18.2 Å². The summed E-state index contributed by atoms with van der Waals surface area (Å²) in [6.45, 7) is 1.08. The van der Waals surface area contributed by atoms with E-state index in [1.54, 1.807) is 4.90 Å². The summed E-state index contributed by atoms with van der Waals surface area (Å²) in [5.41, 5.74) is 5.71. The van der Waals surface area contributed by atoms with Crippen LogP contribution in [0, 0.1) is 17.7 Å². The highest BCUT2D eigenvalue weighted by Crippen LogP contribution is 2.14. The van der Waals surface area contributed by atoms with Crippen LogP contribution in [0.25, 0.3) is 0 Å². The molecule has 5 nitrogen and oxygen atoms in total. The zero-order chi connectivity index (χ0) is 15.2. The molecule has 1 aliphatic heterocycles. The van der Waals surface area contributed by atoms with E-state index >= 15 is 0 Å². The number of halogens is 1. The van der Waals surface area contributed by atoms with Crippen LogP contribution in [-0.2, 0) is 4.74 Å². The van der Waals surface area contributed by atoms with E-state index in [4.69, 9.17) is 15.6 Å². The maximum atomic E-state index is 13.9. The average Bonchev–Trinajstić information content (AvgIpc) is 2.53. The first-order valence-electron chi connectivity index (χ1n) is 6.66. The molecule has 112 valence electrons. The molecule has 21 heavy (non-hydrogen) atoms. The molecule has 0 radical (unpaired) electrons. The number of carbonyl (C=O) groups is 1. The van der Waals surface area contributed by atoms with Gasteiger partial charge in [0.15, 0.2) is 0 Å². The zero-order valence-corrected chi connectivity index (χ0v) is 11.5. The lowest BCUT2D eigenvalue weighted by Crippen LogP contribution is -2.46. The molecule has 1 aromatic carbocycles. The lowest BCUT2D eigenvalue weighted by atomic mass is 10.1. The van der Waals surface area contributed by atoms with E-state index in [9.17, 15) is 9.18 Å². The van der Waals surface area contributed by atoms with Crippen LogP contribution >= 0.6 is 0 Å². The second-order valence-corrected chi connectivity index (χ2v) is 4.63. The summed E-state index contributed by atoms with van der Waals surface area (Å²) in [5, 5.41) is 9.08. The van der Waals surface area contributed by atoms with Crippen LogP contribution < -0.4 is 5.73 Å². The molecular weight excluding hydrogens is 275 g/mol. The molecule has 2 rings (SSSR count). The quantitative estimate of drug-likeness (QED) is 0.751. The molecule has 1 fully saturated rings. The van der Waals surface area contributed by atoms with Crippen molar-refractivity contribution in [2.75, 3.05) is 32.8 Å². The summed E-state index contributed by atoms with van der Waals surface area (Å²) in [5.74, 6) is 4.34. The minimum absolute atomic E-state index is 0.147. The van der Waals surface area contributed by atoms with E-state index < -0.39 is 5.82 Å². The lowest BCUT2D eigenvalue weighted by Gasteiger charge is -2.32. The molecule has 3 N–H and O–H groups in total. The Morgan fingerprint density at radius 1 is 1.57 bits per heavy atom. The van der Waals surface area contributed by atoms with Crippen molar-refractivity contribution in [3.8, 4) is 11.8 Å². The topological polar surface area (TPSA) is 75.8 Å². The van der Waals surface area contributed by atoms with E-state index in [2.05, 4.69) is 11.8 Å². The van der Waals surface area contributed by atoms with E-state index in [1.807, 2.05) is 0 Å². The molecule has 1 unspecified atom stereocenters. The second kappa shape index (κ2) is 7.18. The number of aliphatic hydroxyl groups excluding tert-OH is 1. The first-order valence-corrected chi connectivity index (χ1v) is 6.66. The number of carbonyl (C=O) groups excluding carboxylic acids is 1. The van der Waals surface area contributed by atoms with Crippen LogP contribution in [0.15, 0.2) is 18.2 Å². The van der Waals surface area contributed by atoms with Crippen LogP contribution in [0.2, 0.25) is 0 Å². The van der Waals surface area contributed by atoms with Crippen molar-refractivity contribution >= 4 is 5.91 Å². The lowest BCUT2D eigenvalue weighted by molar-refractivity contribution is -0.0447. The van der Waals surface area contributed by atoms with E-state index in [0.717, 1.165) is 0 Å². The molecule has 1 heterocycles. The number of aliphatic hydroxyl groups is 1. The maximum Gasteiger partial charge on any atom is 0.254 e. The van der Waals surface area contributed by atoms with Gasteiger partial charge in [-0.1, -0.05) is 11.8 Å². The van der Waals surface area contributed by atoms with Crippen LogP contribution in [0.3, 0.4) is 0 Å². The smallest absolute Gasteiger partial charge is 0.254 e. The highest BCUT2D eigenvalue weighted by molar-refractivity contribution is 5.94. The molecule has 1 atom stereocenters. The first kappa shape index (κ1) is 15.4. The minimum atomic E-state index is -0.547. The molecule has 1 saturated heterocycles. The molecule has 1 aliphatic rings. The molecule has 0 bridgehead atoms. The Morgan fingerprint density at radius 3 is 3.05 bits per heavy atom. The number of benzene rings is 1. The number of ether oxygens (including phenoxy) is 1. The predicted octanol–water partition coefficient (Wildman–Crippen LogP) is -0.0308. The van der Waals surface area contributed by atoms with Gasteiger partial charge in [0, 0.05) is 18.7 Å². The number of amides is 1. The van der Waals surface area contributed by atoms with Crippen LogP contribution in [0.5, 0.6) is 0 Å². The highest BCUT2D eigenvalue weighted by Gasteiger charge is 2.24. The highest BCUT2D eigenvalue weighted by atomic mass is 19.1. The van der Waals surface area contributed by atoms with Crippen molar-refractivity contribution in [1.82, 2.24) is 4.90 Å². The van der Waals surface area contributed by atoms with Gasteiger partial charge in [-0.05, 0) is 18.2 Å². The minimum Gasteiger partial charge on any atom is -0.394 e. The Labute approximate surface area is 122 Å². The fraction of sp³-hybridized carbons (Fsp3) is 0.400. The van der Waals surface area contributed by atoms with Gasteiger partial charge in [-0.15, -0.1) is 0 Å². The third-order valence-corrected chi connectivity index (χ3v) is 3.17. The van der Waals surface area contributed by atoms with Crippen LogP contribution in [0.4, 0.5) is 4.39 Å². The molecule has 0 aliphatic carbocycles. The van der Waals surface area contributed by atoms with Crippen molar-refractivity contribution in [3.05, 3.63) is 35.1 Å². The average molecular weight is 292 g/mol.